The predicted molar refractivity (Wildman–Crippen MR) is 115 cm³/mol. The first-order chi connectivity index (χ1) is 14.0. The van der Waals surface area contributed by atoms with Crippen LogP contribution in [0.15, 0.2) is 60.0 Å². The summed E-state index contributed by atoms with van der Waals surface area (Å²) in [6.07, 6.45) is 0. The number of hydrogen-bond acceptors (Lipinski definition) is 4. The molecule has 152 valence electrons. The minimum Gasteiger partial charge on any atom is -0.496 e. The van der Waals surface area contributed by atoms with Gasteiger partial charge >= 0.3 is 0 Å². The molecule has 1 atom stereocenters. The molecule has 0 spiro atoms. The Kier molecular flexibility index (Phi) is 7.01. The average Bonchev–Trinajstić information content (AvgIpc) is 3.21. The van der Waals surface area contributed by atoms with Gasteiger partial charge in [-0.25, -0.2) is 4.39 Å². The van der Waals surface area contributed by atoms with Gasteiger partial charge in [-0.1, -0.05) is 35.9 Å². The summed E-state index contributed by atoms with van der Waals surface area (Å²) >= 11 is 1.56. The highest BCUT2D eigenvalue weighted by atomic mass is 32.1. The third-order valence-corrected chi connectivity index (χ3v) is 5.56. The van der Waals surface area contributed by atoms with Crippen LogP contribution in [0.3, 0.4) is 0 Å². The molecule has 0 aliphatic heterocycles. The maximum Gasteiger partial charge on any atom is 0.234 e. The fraction of sp³-hybridized carbons (Fsp3) is 0.261. The molecule has 1 amide bonds. The van der Waals surface area contributed by atoms with E-state index in [1.54, 1.807) is 30.6 Å². The molecule has 6 heteroatoms. The van der Waals surface area contributed by atoms with E-state index in [4.69, 9.17) is 4.74 Å². The van der Waals surface area contributed by atoms with Gasteiger partial charge in [-0.15, -0.1) is 11.3 Å². The van der Waals surface area contributed by atoms with Crippen molar-refractivity contribution in [2.24, 2.45) is 0 Å². The van der Waals surface area contributed by atoms with E-state index < -0.39 is 0 Å². The van der Waals surface area contributed by atoms with E-state index in [0.29, 0.717) is 6.54 Å². The molecule has 3 aromatic rings. The third-order valence-electron chi connectivity index (χ3n) is 4.63. The smallest absolute Gasteiger partial charge is 0.234 e. The van der Waals surface area contributed by atoms with E-state index in [9.17, 15) is 9.18 Å². The van der Waals surface area contributed by atoms with E-state index in [1.165, 1.54) is 12.1 Å². The maximum atomic E-state index is 13.3. The SMILES string of the molecule is COc1ccc(C)cc1CN(C)CC(=O)N[C@@H](c1ccc(F)cc1)c1cccs1. The lowest BCUT2D eigenvalue weighted by atomic mass is 10.1. The third kappa shape index (κ3) is 5.65. The molecule has 29 heavy (non-hydrogen) atoms. The number of methoxy groups -OCH3 is 1. The van der Waals surface area contributed by atoms with Gasteiger partial charge in [-0.2, -0.15) is 0 Å². The number of benzene rings is 2. The molecular weight excluding hydrogens is 387 g/mol. The van der Waals surface area contributed by atoms with Gasteiger partial charge in [0.05, 0.1) is 19.7 Å². The highest BCUT2D eigenvalue weighted by Gasteiger charge is 2.19. The Hall–Kier alpha value is -2.70. The number of carbonyl (C=O) groups is 1. The number of rotatable bonds is 8. The Morgan fingerprint density at radius 2 is 1.97 bits per heavy atom. The molecular formula is C23H25FN2O2S. The average molecular weight is 413 g/mol. The molecule has 2 aromatic carbocycles. The van der Waals surface area contributed by atoms with Gasteiger partial charge in [0.2, 0.25) is 5.91 Å². The number of nitrogens with one attached hydrogen (secondary N) is 1. The number of aryl methyl sites for hydroxylation is 1. The summed E-state index contributed by atoms with van der Waals surface area (Å²) in [5.74, 6) is 0.421. The zero-order valence-electron chi connectivity index (χ0n) is 16.8. The zero-order valence-corrected chi connectivity index (χ0v) is 17.6. The lowest BCUT2D eigenvalue weighted by Gasteiger charge is -2.22. The lowest BCUT2D eigenvalue weighted by Crippen LogP contribution is -2.37. The molecule has 4 nitrogen and oxygen atoms in total. The Bertz CT molecular complexity index is 942. The van der Waals surface area contributed by atoms with Crippen molar-refractivity contribution in [1.82, 2.24) is 10.2 Å². The maximum absolute atomic E-state index is 13.3. The molecule has 1 aromatic heterocycles. The van der Waals surface area contributed by atoms with Crippen molar-refractivity contribution in [2.75, 3.05) is 20.7 Å². The fourth-order valence-electron chi connectivity index (χ4n) is 3.26. The van der Waals surface area contributed by atoms with Gasteiger partial charge in [0, 0.05) is 17.0 Å². The van der Waals surface area contributed by atoms with E-state index in [1.807, 2.05) is 48.5 Å². The topological polar surface area (TPSA) is 41.6 Å². The Morgan fingerprint density at radius 3 is 2.62 bits per heavy atom. The van der Waals surface area contributed by atoms with Gasteiger partial charge in [0.1, 0.15) is 11.6 Å². The van der Waals surface area contributed by atoms with Crippen LogP contribution in [0.4, 0.5) is 4.39 Å². The number of halogens is 1. The van der Waals surface area contributed by atoms with Gasteiger partial charge in [-0.05, 0) is 49.2 Å². The predicted octanol–water partition coefficient (Wildman–Crippen LogP) is 4.54. The number of amides is 1. The second-order valence-corrected chi connectivity index (χ2v) is 8.03. The number of nitrogens with zero attached hydrogens (tertiary/aromatic N) is 1. The van der Waals surface area contributed by atoms with Crippen LogP contribution in [0.25, 0.3) is 0 Å². The van der Waals surface area contributed by atoms with E-state index in [0.717, 1.165) is 27.3 Å². The number of thiophene rings is 1. The highest BCUT2D eigenvalue weighted by Crippen LogP contribution is 2.26. The minimum atomic E-state index is -0.301. The van der Waals surface area contributed by atoms with Crippen molar-refractivity contribution in [3.63, 3.8) is 0 Å². The summed E-state index contributed by atoms with van der Waals surface area (Å²) in [5, 5.41) is 5.05. The molecule has 0 fully saturated rings. The van der Waals surface area contributed by atoms with Gasteiger partial charge in [0.25, 0.3) is 0 Å². The van der Waals surface area contributed by atoms with Crippen LogP contribution < -0.4 is 10.1 Å². The van der Waals surface area contributed by atoms with E-state index >= 15 is 0 Å². The van der Waals surface area contributed by atoms with Crippen LogP contribution in [0.5, 0.6) is 5.75 Å². The first-order valence-electron chi connectivity index (χ1n) is 9.36. The quantitative estimate of drug-likeness (QED) is 0.591. The minimum absolute atomic E-state index is 0.0955. The molecule has 0 radical (unpaired) electrons. The van der Waals surface area contributed by atoms with Crippen LogP contribution in [-0.4, -0.2) is 31.5 Å². The summed E-state index contributed by atoms with van der Waals surface area (Å²) in [4.78, 5) is 15.7. The van der Waals surface area contributed by atoms with Crippen LogP contribution in [0, 0.1) is 12.7 Å². The van der Waals surface area contributed by atoms with E-state index in [-0.39, 0.29) is 24.3 Å². The van der Waals surface area contributed by atoms with Crippen molar-refractivity contribution < 1.29 is 13.9 Å². The molecule has 0 aliphatic rings. The summed E-state index contributed by atoms with van der Waals surface area (Å²) in [7, 11) is 3.55. The van der Waals surface area contributed by atoms with Crippen molar-refractivity contribution in [1.29, 1.82) is 0 Å². The number of likely N-dealkylation sites (N-methyl/N-ethyl adjacent to an activating group) is 1. The molecule has 0 saturated carbocycles. The highest BCUT2D eigenvalue weighted by molar-refractivity contribution is 7.10. The Balaban J connectivity index is 1.69. The van der Waals surface area contributed by atoms with Crippen molar-refractivity contribution in [3.8, 4) is 5.75 Å². The Morgan fingerprint density at radius 1 is 1.21 bits per heavy atom. The summed E-state index contributed by atoms with van der Waals surface area (Å²) in [6, 6.07) is 15.9. The first kappa shape index (κ1) is 21.0. The van der Waals surface area contributed by atoms with Crippen LogP contribution in [-0.2, 0) is 11.3 Å². The monoisotopic (exact) mass is 412 g/mol. The van der Waals surface area contributed by atoms with Crippen molar-refractivity contribution in [2.45, 2.75) is 19.5 Å². The van der Waals surface area contributed by atoms with Gasteiger partial charge < -0.3 is 10.1 Å². The molecule has 0 saturated heterocycles. The first-order valence-corrected chi connectivity index (χ1v) is 10.2. The van der Waals surface area contributed by atoms with Gasteiger partial charge in [0.15, 0.2) is 0 Å². The van der Waals surface area contributed by atoms with Crippen LogP contribution >= 0.6 is 11.3 Å². The molecule has 0 bridgehead atoms. The van der Waals surface area contributed by atoms with Crippen LogP contribution in [0.1, 0.15) is 27.6 Å². The molecule has 3 rings (SSSR count). The fourth-order valence-corrected chi connectivity index (χ4v) is 4.06. The standard InChI is InChI=1S/C23H25FN2O2S/c1-16-6-11-20(28-3)18(13-16)14-26(2)15-22(27)25-23(21-5-4-12-29-21)17-7-9-19(24)10-8-17/h4-13,23H,14-15H2,1-3H3,(H,25,27)/t23-/m0/s1. The van der Waals surface area contributed by atoms with Crippen molar-refractivity contribution >= 4 is 17.2 Å². The number of ether oxygens (including phenoxy) is 1. The molecule has 0 aliphatic carbocycles. The largest absolute Gasteiger partial charge is 0.496 e. The Labute approximate surface area is 174 Å². The number of hydrogen-bond donors (Lipinski definition) is 1. The van der Waals surface area contributed by atoms with E-state index in [2.05, 4.69) is 11.4 Å². The molecule has 0 unspecified atom stereocenters. The molecule has 1 heterocycles. The summed E-state index contributed by atoms with van der Waals surface area (Å²) in [6.45, 7) is 2.86. The zero-order chi connectivity index (χ0) is 20.8. The second-order valence-electron chi connectivity index (χ2n) is 7.06. The second kappa shape index (κ2) is 9.67. The summed E-state index contributed by atoms with van der Waals surface area (Å²) < 4.78 is 18.8. The lowest BCUT2D eigenvalue weighted by molar-refractivity contribution is -0.122. The van der Waals surface area contributed by atoms with Crippen molar-refractivity contribution in [3.05, 3.63) is 87.4 Å². The molecule has 1 N–H and O–H groups in total. The van der Waals surface area contributed by atoms with Crippen LogP contribution in [0.2, 0.25) is 0 Å². The normalized spacial score (nSPS) is 12.0. The summed E-state index contributed by atoms with van der Waals surface area (Å²) in [5.41, 5.74) is 3.04. The van der Waals surface area contributed by atoms with Gasteiger partial charge in [-0.3, -0.25) is 9.69 Å². The number of carbonyl (C=O) groups excluding carboxylic acids is 1.